The summed E-state index contributed by atoms with van der Waals surface area (Å²) in [4.78, 5) is 12.8. The van der Waals surface area contributed by atoms with E-state index in [4.69, 9.17) is 5.73 Å². The summed E-state index contributed by atoms with van der Waals surface area (Å²) in [6.07, 6.45) is -2.92. The van der Waals surface area contributed by atoms with E-state index in [0.29, 0.717) is 32.5 Å². The molecule has 122 valence electrons. The maximum atomic E-state index is 12.2. The number of alkyl halides is 3. The molecule has 1 fully saturated rings. The van der Waals surface area contributed by atoms with Gasteiger partial charge in [0, 0.05) is 13.1 Å². The normalized spacial score (nSPS) is 20.8. The number of hydrogen-bond acceptors (Lipinski definition) is 3. The van der Waals surface area contributed by atoms with Crippen LogP contribution >= 0.6 is 24.8 Å². The van der Waals surface area contributed by atoms with Gasteiger partial charge in [0.05, 0.1) is 12.6 Å². The molecule has 1 rings (SSSR count). The van der Waals surface area contributed by atoms with Crippen LogP contribution in [0.5, 0.6) is 0 Å². The fourth-order valence-corrected chi connectivity index (χ4v) is 2.04. The standard InChI is InChI=1S/C11H20F3N3O.2ClH/c1-2-9(15)10(18)16-5-8-3-4-17(6-8)7-11(12,13)14;;/h8-9H,2-7,15H2,1H3,(H,16,18);2*1H/t8?,9-;;/m0../s1. The first-order valence-electron chi connectivity index (χ1n) is 6.14. The first kappa shape index (κ1) is 22.0. The molecule has 1 aliphatic heterocycles. The van der Waals surface area contributed by atoms with Gasteiger partial charge in [-0.25, -0.2) is 0 Å². The molecule has 1 unspecified atom stereocenters. The van der Waals surface area contributed by atoms with Crippen molar-refractivity contribution in [3.05, 3.63) is 0 Å². The molecule has 2 atom stereocenters. The van der Waals surface area contributed by atoms with Gasteiger partial charge in [0.1, 0.15) is 0 Å². The van der Waals surface area contributed by atoms with Gasteiger partial charge in [-0.1, -0.05) is 6.92 Å². The van der Waals surface area contributed by atoms with Crippen molar-refractivity contribution in [2.45, 2.75) is 32.0 Å². The summed E-state index contributed by atoms with van der Waals surface area (Å²) in [5.74, 6) is -0.146. The first-order valence-corrected chi connectivity index (χ1v) is 6.14. The predicted octanol–water partition coefficient (Wildman–Crippen LogP) is 1.57. The summed E-state index contributed by atoms with van der Waals surface area (Å²) in [5.41, 5.74) is 5.54. The molecule has 3 N–H and O–H groups in total. The molecule has 9 heteroatoms. The molecular formula is C11H22Cl2F3N3O. The SMILES string of the molecule is CC[C@H](N)C(=O)NCC1CCN(CC(F)(F)F)C1.Cl.Cl. The molecule has 20 heavy (non-hydrogen) atoms. The smallest absolute Gasteiger partial charge is 0.354 e. The second-order valence-electron chi connectivity index (χ2n) is 4.76. The second-order valence-corrected chi connectivity index (χ2v) is 4.76. The lowest BCUT2D eigenvalue weighted by Gasteiger charge is -2.18. The number of hydrogen-bond donors (Lipinski definition) is 2. The van der Waals surface area contributed by atoms with Crippen LogP contribution in [0.4, 0.5) is 13.2 Å². The summed E-state index contributed by atoms with van der Waals surface area (Å²) in [6, 6.07) is -0.530. The Bertz CT molecular complexity index is 293. The van der Waals surface area contributed by atoms with Crippen molar-refractivity contribution in [1.29, 1.82) is 0 Å². The fourth-order valence-electron chi connectivity index (χ4n) is 2.04. The molecule has 0 aromatic heterocycles. The minimum absolute atomic E-state index is 0. The van der Waals surface area contributed by atoms with Gasteiger partial charge in [-0.3, -0.25) is 9.69 Å². The number of carbonyl (C=O) groups is 1. The van der Waals surface area contributed by atoms with Gasteiger partial charge >= 0.3 is 6.18 Å². The summed E-state index contributed by atoms with van der Waals surface area (Å²) < 4.78 is 36.5. The van der Waals surface area contributed by atoms with Crippen LogP contribution in [0.15, 0.2) is 0 Å². The van der Waals surface area contributed by atoms with E-state index in [1.54, 1.807) is 0 Å². The number of halogens is 5. The molecule has 1 aliphatic rings. The van der Waals surface area contributed by atoms with Crippen LogP contribution in [0, 0.1) is 5.92 Å². The van der Waals surface area contributed by atoms with E-state index >= 15 is 0 Å². The minimum atomic E-state index is -4.15. The van der Waals surface area contributed by atoms with Crippen LogP contribution < -0.4 is 11.1 Å². The highest BCUT2D eigenvalue weighted by Crippen LogP contribution is 2.22. The van der Waals surface area contributed by atoms with Crippen molar-refractivity contribution in [2.24, 2.45) is 11.7 Å². The molecule has 0 saturated carbocycles. The number of nitrogens with one attached hydrogen (secondary N) is 1. The van der Waals surface area contributed by atoms with Crippen molar-refractivity contribution in [2.75, 3.05) is 26.2 Å². The minimum Gasteiger partial charge on any atom is -0.354 e. The first-order chi connectivity index (χ1) is 8.31. The zero-order valence-electron chi connectivity index (χ0n) is 11.3. The zero-order chi connectivity index (χ0) is 13.8. The molecule has 1 amide bonds. The molecule has 0 aromatic rings. The number of carbonyl (C=O) groups excluding carboxylic acids is 1. The Morgan fingerprint density at radius 2 is 2.05 bits per heavy atom. The average molecular weight is 340 g/mol. The molecular weight excluding hydrogens is 318 g/mol. The summed E-state index contributed by atoms with van der Waals surface area (Å²) in [7, 11) is 0. The number of nitrogens with zero attached hydrogens (tertiary/aromatic N) is 1. The third kappa shape index (κ3) is 8.14. The summed E-state index contributed by atoms with van der Waals surface area (Å²) in [5, 5.41) is 2.69. The van der Waals surface area contributed by atoms with Crippen LogP contribution in [-0.4, -0.2) is 49.2 Å². The maximum Gasteiger partial charge on any atom is 0.401 e. The molecule has 1 saturated heterocycles. The lowest BCUT2D eigenvalue weighted by atomic mass is 10.1. The van der Waals surface area contributed by atoms with Crippen LogP contribution in [0.2, 0.25) is 0 Å². The number of amides is 1. The lowest BCUT2D eigenvalue weighted by molar-refractivity contribution is -0.143. The quantitative estimate of drug-likeness (QED) is 0.799. The van der Waals surface area contributed by atoms with Crippen LogP contribution in [-0.2, 0) is 4.79 Å². The largest absolute Gasteiger partial charge is 0.401 e. The highest BCUT2D eigenvalue weighted by Gasteiger charge is 2.34. The van der Waals surface area contributed by atoms with Crippen molar-refractivity contribution in [1.82, 2.24) is 10.2 Å². The maximum absolute atomic E-state index is 12.2. The van der Waals surface area contributed by atoms with Crippen LogP contribution in [0.1, 0.15) is 19.8 Å². The van der Waals surface area contributed by atoms with E-state index < -0.39 is 18.8 Å². The van der Waals surface area contributed by atoms with E-state index in [2.05, 4.69) is 5.32 Å². The Labute approximate surface area is 129 Å². The Hall–Kier alpha value is -0.240. The Morgan fingerprint density at radius 1 is 1.45 bits per heavy atom. The van der Waals surface area contributed by atoms with Crippen LogP contribution in [0.3, 0.4) is 0 Å². The van der Waals surface area contributed by atoms with Gasteiger partial charge in [0.15, 0.2) is 0 Å². The van der Waals surface area contributed by atoms with Gasteiger partial charge in [0.2, 0.25) is 5.91 Å². The van der Waals surface area contributed by atoms with E-state index in [1.165, 1.54) is 4.90 Å². The topological polar surface area (TPSA) is 58.4 Å². The number of nitrogens with two attached hydrogens (primary N) is 1. The molecule has 4 nitrogen and oxygen atoms in total. The monoisotopic (exact) mass is 339 g/mol. The summed E-state index contributed by atoms with van der Waals surface area (Å²) in [6.45, 7) is 2.15. The van der Waals surface area contributed by atoms with E-state index in [-0.39, 0.29) is 36.6 Å². The lowest BCUT2D eigenvalue weighted by Crippen LogP contribution is -2.42. The third-order valence-corrected chi connectivity index (χ3v) is 3.11. The van der Waals surface area contributed by atoms with Crippen LogP contribution in [0.25, 0.3) is 0 Å². The number of likely N-dealkylation sites (tertiary alicyclic amines) is 1. The molecule has 0 spiro atoms. The van der Waals surface area contributed by atoms with Gasteiger partial charge < -0.3 is 11.1 Å². The van der Waals surface area contributed by atoms with Crippen molar-refractivity contribution >= 4 is 30.7 Å². The number of rotatable bonds is 5. The zero-order valence-corrected chi connectivity index (χ0v) is 12.9. The second kappa shape index (κ2) is 9.65. The van der Waals surface area contributed by atoms with E-state index in [0.717, 1.165) is 0 Å². The molecule has 1 heterocycles. The van der Waals surface area contributed by atoms with Crippen molar-refractivity contribution in [3.8, 4) is 0 Å². The molecule has 0 bridgehead atoms. The Balaban J connectivity index is 0. The van der Waals surface area contributed by atoms with Gasteiger partial charge in [-0.2, -0.15) is 13.2 Å². The fraction of sp³-hybridized carbons (Fsp3) is 0.909. The van der Waals surface area contributed by atoms with E-state index in [9.17, 15) is 18.0 Å². The highest BCUT2D eigenvalue weighted by molar-refractivity contribution is 5.85. The molecule has 0 aliphatic carbocycles. The third-order valence-electron chi connectivity index (χ3n) is 3.11. The molecule has 0 aromatic carbocycles. The van der Waals surface area contributed by atoms with Crippen molar-refractivity contribution < 1.29 is 18.0 Å². The van der Waals surface area contributed by atoms with Gasteiger partial charge in [0.25, 0.3) is 0 Å². The van der Waals surface area contributed by atoms with E-state index in [1.807, 2.05) is 6.92 Å². The van der Waals surface area contributed by atoms with Gasteiger partial charge in [-0.15, -0.1) is 24.8 Å². The summed E-state index contributed by atoms with van der Waals surface area (Å²) >= 11 is 0. The van der Waals surface area contributed by atoms with Crippen molar-refractivity contribution in [3.63, 3.8) is 0 Å². The Morgan fingerprint density at radius 3 is 2.55 bits per heavy atom. The van der Waals surface area contributed by atoms with Gasteiger partial charge in [-0.05, 0) is 25.3 Å². The Kier molecular flexibility index (Phi) is 10.6. The highest BCUT2D eigenvalue weighted by atomic mass is 35.5. The predicted molar refractivity (Wildman–Crippen MR) is 76.4 cm³/mol. The molecule has 0 radical (unpaired) electrons. The average Bonchev–Trinajstić information content (AvgIpc) is 2.69.